The van der Waals surface area contributed by atoms with Crippen LogP contribution in [0.3, 0.4) is 0 Å². The molecule has 0 bridgehead atoms. The Hall–Kier alpha value is -1.84. The Kier molecular flexibility index (Phi) is 1.96. The van der Waals surface area contributed by atoms with Crippen molar-refractivity contribution in [3.05, 3.63) is 24.0 Å². The fraction of sp³-hybridized carbons (Fsp3) is 0.200. The molecule has 2 rings (SSSR count). The van der Waals surface area contributed by atoms with Crippen molar-refractivity contribution >= 4 is 10.8 Å². The van der Waals surface area contributed by atoms with E-state index in [1.165, 1.54) is 0 Å². The van der Waals surface area contributed by atoms with Gasteiger partial charge in [-0.3, -0.25) is 0 Å². The van der Waals surface area contributed by atoms with Gasteiger partial charge in [-0.05, 0) is 13.0 Å². The first-order chi connectivity index (χ1) is 6.74. The maximum atomic E-state index is 9.60. The summed E-state index contributed by atoms with van der Waals surface area (Å²) < 4.78 is 5.21. The zero-order chi connectivity index (χ0) is 10.1. The van der Waals surface area contributed by atoms with Crippen molar-refractivity contribution in [1.82, 2.24) is 10.2 Å². The molecule has 0 aliphatic carbocycles. The molecule has 72 valence electrons. The Balaban J connectivity index is 2.89. The predicted molar refractivity (Wildman–Crippen MR) is 52.5 cm³/mol. The summed E-state index contributed by atoms with van der Waals surface area (Å²) in [6, 6.07) is 1.65. The maximum Gasteiger partial charge on any atom is 0.134 e. The second-order valence-electron chi connectivity index (χ2n) is 3.05. The minimum atomic E-state index is 0.211. The topological polar surface area (TPSA) is 55.2 Å². The lowest BCUT2D eigenvalue weighted by atomic mass is 10.1. The van der Waals surface area contributed by atoms with Gasteiger partial charge in [0.1, 0.15) is 11.5 Å². The quantitative estimate of drug-likeness (QED) is 0.742. The summed E-state index contributed by atoms with van der Waals surface area (Å²) in [5.41, 5.74) is 0.716. The van der Waals surface area contributed by atoms with Crippen molar-refractivity contribution in [3.8, 4) is 11.5 Å². The third-order valence-electron chi connectivity index (χ3n) is 2.23. The van der Waals surface area contributed by atoms with Crippen molar-refractivity contribution in [1.29, 1.82) is 0 Å². The minimum absolute atomic E-state index is 0.211. The average molecular weight is 190 g/mol. The number of benzene rings is 1. The summed E-state index contributed by atoms with van der Waals surface area (Å²) in [5.74, 6) is 0.859. The van der Waals surface area contributed by atoms with Crippen molar-refractivity contribution in [2.24, 2.45) is 0 Å². The first-order valence-corrected chi connectivity index (χ1v) is 4.21. The van der Waals surface area contributed by atoms with E-state index >= 15 is 0 Å². The monoisotopic (exact) mass is 190 g/mol. The fourth-order valence-electron chi connectivity index (χ4n) is 1.47. The van der Waals surface area contributed by atoms with Gasteiger partial charge in [0.25, 0.3) is 0 Å². The average Bonchev–Trinajstić information content (AvgIpc) is 2.20. The third-order valence-corrected chi connectivity index (χ3v) is 2.23. The molecule has 0 saturated heterocycles. The molecule has 2 aromatic rings. The molecule has 14 heavy (non-hydrogen) atoms. The minimum Gasteiger partial charge on any atom is -0.508 e. The van der Waals surface area contributed by atoms with E-state index in [9.17, 15) is 5.11 Å². The zero-order valence-corrected chi connectivity index (χ0v) is 7.98. The van der Waals surface area contributed by atoms with Crippen LogP contribution in [0.15, 0.2) is 18.5 Å². The standard InChI is InChI=1S/C10H10N2O2/c1-6-9(13)3-7-4-11-12-5-8(7)10(6)14-2/h3-5,13H,1-2H3. The van der Waals surface area contributed by atoms with Crippen LogP contribution in [0.5, 0.6) is 11.5 Å². The summed E-state index contributed by atoms with van der Waals surface area (Å²) in [6.07, 6.45) is 3.22. The largest absolute Gasteiger partial charge is 0.508 e. The lowest BCUT2D eigenvalue weighted by Crippen LogP contribution is -1.91. The highest BCUT2D eigenvalue weighted by molar-refractivity contribution is 5.90. The smallest absolute Gasteiger partial charge is 0.134 e. The van der Waals surface area contributed by atoms with Gasteiger partial charge in [0.05, 0.1) is 19.5 Å². The van der Waals surface area contributed by atoms with Crippen LogP contribution in [-0.4, -0.2) is 22.4 Å². The second-order valence-corrected chi connectivity index (χ2v) is 3.05. The first-order valence-electron chi connectivity index (χ1n) is 4.21. The molecule has 4 heteroatoms. The number of methoxy groups -OCH3 is 1. The Morgan fingerprint density at radius 1 is 1.29 bits per heavy atom. The molecule has 0 atom stereocenters. The number of fused-ring (bicyclic) bond motifs is 1. The van der Waals surface area contributed by atoms with E-state index in [0.717, 1.165) is 10.8 Å². The molecule has 1 aromatic heterocycles. The summed E-state index contributed by atoms with van der Waals surface area (Å²) in [4.78, 5) is 0. The van der Waals surface area contributed by atoms with Gasteiger partial charge in [-0.15, -0.1) is 0 Å². The lowest BCUT2D eigenvalue weighted by molar-refractivity contribution is 0.408. The first kappa shape index (κ1) is 8.74. The molecule has 0 fully saturated rings. The number of ether oxygens (including phenoxy) is 1. The van der Waals surface area contributed by atoms with Gasteiger partial charge in [0.2, 0.25) is 0 Å². The van der Waals surface area contributed by atoms with Gasteiger partial charge < -0.3 is 9.84 Å². The van der Waals surface area contributed by atoms with Crippen LogP contribution in [0.2, 0.25) is 0 Å². The van der Waals surface area contributed by atoms with E-state index in [-0.39, 0.29) is 5.75 Å². The number of hydrogen-bond acceptors (Lipinski definition) is 4. The van der Waals surface area contributed by atoms with Gasteiger partial charge in [-0.25, -0.2) is 0 Å². The van der Waals surface area contributed by atoms with Crippen molar-refractivity contribution in [2.75, 3.05) is 7.11 Å². The molecule has 0 unspecified atom stereocenters. The SMILES string of the molecule is COc1c(C)c(O)cc2cnncc12. The van der Waals surface area contributed by atoms with Crippen LogP contribution in [0.4, 0.5) is 0 Å². The maximum absolute atomic E-state index is 9.60. The Bertz CT molecular complexity index is 483. The van der Waals surface area contributed by atoms with E-state index < -0.39 is 0 Å². The van der Waals surface area contributed by atoms with Crippen LogP contribution in [-0.2, 0) is 0 Å². The summed E-state index contributed by atoms with van der Waals surface area (Å²) in [7, 11) is 1.57. The molecular weight excluding hydrogens is 180 g/mol. The van der Waals surface area contributed by atoms with Crippen molar-refractivity contribution in [2.45, 2.75) is 6.92 Å². The van der Waals surface area contributed by atoms with Gasteiger partial charge in [-0.1, -0.05) is 0 Å². The van der Waals surface area contributed by atoms with Gasteiger partial charge in [-0.2, -0.15) is 10.2 Å². The number of nitrogens with zero attached hydrogens (tertiary/aromatic N) is 2. The zero-order valence-electron chi connectivity index (χ0n) is 7.98. The van der Waals surface area contributed by atoms with Gasteiger partial charge in [0, 0.05) is 16.3 Å². The Morgan fingerprint density at radius 3 is 2.71 bits per heavy atom. The number of rotatable bonds is 1. The highest BCUT2D eigenvalue weighted by Gasteiger charge is 2.09. The second kappa shape index (κ2) is 3.14. The van der Waals surface area contributed by atoms with Crippen LogP contribution in [0.1, 0.15) is 5.56 Å². The molecule has 1 N–H and O–H groups in total. The highest BCUT2D eigenvalue weighted by Crippen LogP contribution is 2.34. The number of phenols is 1. The van der Waals surface area contributed by atoms with Gasteiger partial charge >= 0.3 is 0 Å². The van der Waals surface area contributed by atoms with Gasteiger partial charge in [0.15, 0.2) is 0 Å². The van der Waals surface area contributed by atoms with Crippen LogP contribution < -0.4 is 4.74 Å². The summed E-state index contributed by atoms with van der Waals surface area (Å²) >= 11 is 0. The molecule has 1 heterocycles. The molecule has 0 amide bonds. The van der Waals surface area contributed by atoms with E-state index in [1.54, 1.807) is 32.5 Å². The molecule has 0 aliphatic heterocycles. The van der Waals surface area contributed by atoms with Crippen LogP contribution >= 0.6 is 0 Å². The predicted octanol–water partition coefficient (Wildman–Crippen LogP) is 1.65. The fourth-order valence-corrected chi connectivity index (χ4v) is 1.47. The summed E-state index contributed by atoms with van der Waals surface area (Å²) in [6.45, 7) is 1.80. The normalized spacial score (nSPS) is 10.4. The van der Waals surface area contributed by atoms with E-state index in [4.69, 9.17) is 4.74 Å². The summed E-state index contributed by atoms with van der Waals surface area (Å²) in [5, 5.41) is 18.8. The number of phenolic OH excluding ortho intramolecular Hbond substituents is 1. The number of aromatic nitrogens is 2. The van der Waals surface area contributed by atoms with E-state index in [1.807, 2.05) is 0 Å². The number of hydrogen-bond donors (Lipinski definition) is 1. The Labute approximate surface area is 81.2 Å². The molecule has 0 aliphatic rings. The van der Waals surface area contributed by atoms with Crippen LogP contribution in [0, 0.1) is 6.92 Å². The van der Waals surface area contributed by atoms with Crippen LogP contribution in [0.25, 0.3) is 10.8 Å². The van der Waals surface area contributed by atoms with Crippen molar-refractivity contribution in [3.63, 3.8) is 0 Å². The molecule has 0 spiro atoms. The Morgan fingerprint density at radius 2 is 2.00 bits per heavy atom. The molecule has 4 nitrogen and oxygen atoms in total. The molecule has 0 saturated carbocycles. The molecule has 0 radical (unpaired) electrons. The van der Waals surface area contributed by atoms with E-state index in [2.05, 4.69) is 10.2 Å². The number of aromatic hydroxyl groups is 1. The van der Waals surface area contributed by atoms with E-state index in [0.29, 0.717) is 11.3 Å². The molecular formula is C10H10N2O2. The molecule has 1 aromatic carbocycles. The van der Waals surface area contributed by atoms with Crippen molar-refractivity contribution < 1.29 is 9.84 Å². The highest BCUT2D eigenvalue weighted by atomic mass is 16.5. The third kappa shape index (κ3) is 1.16. The lowest BCUT2D eigenvalue weighted by Gasteiger charge is -2.09.